The van der Waals surface area contributed by atoms with E-state index in [4.69, 9.17) is 0 Å². The molecule has 0 spiro atoms. The highest BCUT2D eigenvalue weighted by Gasteiger charge is 2.40. The van der Waals surface area contributed by atoms with Crippen molar-refractivity contribution in [2.75, 3.05) is 24.7 Å². The van der Waals surface area contributed by atoms with E-state index in [0.717, 1.165) is 12.3 Å². The van der Waals surface area contributed by atoms with Crippen LogP contribution in [0.15, 0.2) is 17.1 Å². The number of hydrogen-bond acceptors (Lipinski definition) is 9. The van der Waals surface area contributed by atoms with Crippen molar-refractivity contribution in [3.63, 3.8) is 0 Å². The molecule has 2 fully saturated rings. The van der Waals surface area contributed by atoms with E-state index in [2.05, 4.69) is 20.0 Å². The number of fused-ring (bicyclic) bond motifs is 1. The van der Waals surface area contributed by atoms with Crippen LogP contribution in [0.5, 0.6) is 5.75 Å². The van der Waals surface area contributed by atoms with Crippen LogP contribution in [0.25, 0.3) is 11.0 Å². The maximum atomic E-state index is 13.1. The van der Waals surface area contributed by atoms with Gasteiger partial charge in [0.1, 0.15) is 5.65 Å². The number of alkyl halides is 2. The molecule has 1 saturated heterocycles. The minimum absolute atomic E-state index is 0.0673. The van der Waals surface area contributed by atoms with Crippen LogP contribution in [0.3, 0.4) is 0 Å². The first kappa shape index (κ1) is 24.7. The first-order valence-electron chi connectivity index (χ1n) is 10.9. The number of nitrogens with zero attached hydrogens (tertiary/aromatic N) is 4. The maximum absolute atomic E-state index is 13.1. The Morgan fingerprint density at radius 2 is 2.09 bits per heavy atom. The number of aliphatic hydroxyl groups excluding tert-OH is 1. The van der Waals surface area contributed by atoms with E-state index in [9.17, 15) is 32.2 Å². The molecular formula is C20H27F2N5O6S. The zero-order valence-electron chi connectivity index (χ0n) is 18.7. The van der Waals surface area contributed by atoms with Gasteiger partial charge in [0, 0.05) is 24.7 Å². The molecule has 11 nitrogen and oxygen atoms in total. The highest BCUT2D eigenvalue weighted by Crippen LogP contribution is 2.40. The molecule has 0 radical (unpaired) electrons. The summed E-state index contributed by atoms with van der Waals surface area (Å²) in [6.07, 6.45) is 3.17. The Balaban J connectivity index is 1.71. The van der Waals surface area contributed by atoms with Crippen LogP contribution in [-0.2, 0) is 10.0 Å². The highest BCUT2D eigenvalue weighted by molar-refractivity contribution is 7.88. The van der Waals surface area contributed by atoms with E-state index in [1.807, 2.05) is 0 Å². The average molecular weight is 504 g/mol. The fraction of sp³-hybridized carbons (Fsp3) is 0.650. The molecule has 188 valence electrons. The molecule has 0 amide bonds. The van der Waals surface area contributed by atoms with Gasteiger partial charge in [-0.15, -0.1) is 0 Å². The molecule has 1 aliphatic heterocycles. The fourth-order valence-electron chi connectivity index (χ4n) is 4.71. The summed E-state index contributed by atoms with van der Waals surface area (Å²) in [6.45, 7) is -1.52. The van der Waals surface area contributed by atoms with Gasteiger partial charge in [0.25, 0.3) is 5.56 Å². The second-order valence-corrected chi connectivity index (χ2v) is 11.0. The Labute approximate surface area is 194 Å². The number of β-amino-alcohol motifs (C(OH)–C–C–N with tert-alkyl or cyclic N) is 1. The molecule has 14 heteroatoms. The number of pyridine rings is 1. The molecule has 2 aliphatic rings. The zero-order chi connectivity index (χ0) is 24.8. The van der Waals surface area contributed by atoms with Crippen molar-refractivity contribution in [2.45, 2.75) is 63.0 Å². The van der Waals surface area contributed by atoms with E-state index in [-0.39, 0.29) is 30.1 Å². The van der Waals surface area contributed by atoms with E-state index < -0.39 is 51.7 Å². The molecule has 2 aromatic heterocycles. The average Bonchev–Trinajstić information content (AvgIpc) is 3.08. The van der Waals surface area contributed by atoms with Crippen LogP contribution in [0.2, 0.25) is 0 Å². The predicted molar refractivity (Wildman–Crippen MR) is 118 cm³/mol. The quantitative estimate of drug-likeness (QED) is 0.518. The van der Waals surface area contributed by atoms with Gasteiger partial charge in [-0.2, -0.15) is 18.1 Å². The summed E-state index contributed by atoms with van der Waals surface area (Å²) >= 11 is 0. The van der Waals surface area contributed by atoms with Crippen molar-refractivity contribution in [3.8, 4) is 5.75 Å². The Bertz CT molecular complexity index is 1240. The second kappa shape index (κ2) is 8.98. The third kappa shape index (κ3) is 4.85. The predicted octanol–water partition coefficient (Wildman–Crippen LogP) is 0.676. The first-order valence-corrected chi connectivity index (χ1v) is 12.7. The summed E-state index contributed by atoms with van der Waals surface area (Å²) in [4.78, 5) is 21.7. The van der Waals surface area contributed by atoms with Crippen molar-refractivity contribution >= 4 is 27.0 Å². The van der Waals surface area contributed by atoms with Crippen molar-refractivity contribution in [2.24, 2.45) is 0 Å². The monoisotopic (exact) mass is 503 g/mol. The minimum Gasteiger partial charge on any atom is -0.429 e. The van der Waals surface area contributed by atoms with E-state index in [1.165, 1.54) is 15.1 Å². The number of aliphatic hydroxyl groups is 2. The molecule has 4 rings (SSSR count). The minimum atomic E-state index is -3.44. The second-order valence-electron chi connectivity index (χ2n) is 9.03. The Hall–Kier alpha value is -2.42. The van der Waals surface area contributed by atoms with Crippen LogP contribution in [-0.4, -0.2) is 81.2 Å². The molecule has 1 aliphatic carbocycles. The Kier molecular flexibility index (Phi) is 6.52. The summed E-state index contributed by atoms with van der Waals surface area (Å²) < 4.78 is 56.1. The van der Waals surface area contributed by atoms with E-state index >= 15 is 0 Å². The van der Waals surface area contributed by atoms with Gasteiger partial charge in [-0.1, -0.05) is 0 Å². The van der Waals surface area contributed by atoms with Crippen LogP contribution in [0, 0.1) is 0 Å². The number of halogens is 2. The topological polar surface area (TPSA) is 147 Å². The number of anilines is 1. The number of aromatic nitrogens is 3. The van der Waals surface area contributed by atoms with E-state index in [0.29, 0.717) is 25.7 Å². The summed E-state index contributed by atoms with van der Waals surface area (Å²) in [5.41, 5.74) is -1.97. The number of sulfonamides is 1. The zero-order valence-corrected chi connectivity index (χ0v) is 19.5. The number of piperidine rings is 1. The molecule has 0 unspecified atom stereocenters. The number of hydrogen-bond donors (Lipinski definition) is 3. The van der Waals surface area contributed by atoms with Crippen molar-refractivity contribution < 1.29 is 32.1 Å². The van der Waals surface area contributed by atoms with Gasteiger partial charge in [-0.25, -0.2) is 13.4 Å². The standard InChI is InChI=1S/C20H27F2N5O6S/c1-20(30)6-3-4-15(20)27-16-11(8-14(17(27)29)33-18(21)22)9-23-19(25-16)24-12-5-7-26(10-13(12)28)34(2,31)32/h8-9,12-13,15,18,28,30H,3-7,10H2,1-2H3,(H,23,24,25)/t12-,13-,15+,20+/m0/s1. The van der Waals surface area contributed by atoms with Gasteiger partial charge in [-0.3, -0.25) is 9.36 Å². The summed E-state index contributed by atoms with van der Waals surface area (Å²) in [7, 11) is -3.44. The van der Waals surface area contributed by atoms with Crippen molar-refractivity contribution in [1.29, 1.82) is 0 Å². The lowest BCUT2D eigenvalue weighted by atomic mass is 10.00. The molecule has 0 aromatic carbocycles. The third-order valence-corrected chi connectivity index (χ3v) is 7.74. The molecule has 0 bridgehead atoms. The summed E-state index contributed by atoms with van der Waals surface area (Å²) in [6, 6.07) is -0.130. The molecule has 3 N–H and O–H groups in total. The van der Waals surface area contributed by atoms with Crippen molar-refractivity contribution in [3.05, 3.63) is 22.6 Å². The smallest absolute Gasteiger partial charge is 0.387 e. The molecule has 4 atom stereocenters. The molecule has 34 heavy (non-hydrogen) atoms. The van der Waals surface area contributed by atoms with Crippen molar-refractivity contribution in [1.82, 2.24) is 18.8 Å². The molecular weight excluding hydrogens is 476 g/mol. The Morgan fingerprint density at radius 1 is 1.35 bits per heavy atom. The molecule has 3 heterocycles. The van der Waals surface area contributed by atoms with Gasteiger partial charge in [0.05, 0.1) is 30.0 Å². The van der Waals surface area contributed by atoms with Crippen LogP contribution >= 0.6 is 0 Å². The van der Waals surface area contributed by atoms with Gasteiger partial charge in [-0.05, 0) is 38.7 Å². The summed E-state index contributed by atoms with van der Waals surface area (Å²) in [5.74, 6) is -0.504. The van der Waals surface area contributed by atoms with Crippen LogP contribution < -0.4 is 15.6 Å². The van der Waals surface area contributed by atoms with Gasteiger partial charge in [0.2, 0.25) is 16.0 Å². The SMILES string of the molecule is C[C@@]1(O)CCC[C@H]1n1c(=O)c(OC(F)F)cc2cnc(N[C@H]3CCN(S(C)(=O)=O)C[C@@H]3O)nc21. The Morgan fingerprint density at radius 3 is 2.68 bits per heavy atom. The fourth-order valence-corrected chi connectivity index (χ4v) is 5.57. The van der Waals surface area contributed by atoms with Crippen LogP contribution in [0.4, 0.5) is 14.7 Å². The first-order chi connectivity index (χ1) is 15.9. The maximum Gasteiger partial charge on any atom is 0.387 e. The van der Waals surface area contributed by atoms with Gasteiger partial charge >= 0.3 is 6.61 Å². The van der Waals surface area contributed by atoms with E-state index in [1.54, 1.807) is 6.92 Å². The normalized spacial score (nSPS) is 28.5. The van der Waals surface area contributed by atoms with Crippen LogP contribution in [0.1, 0.15) is 38.6 Å². The lowest BCUT2D eigenvalue weighted by molar-refractivity contribution is -0.0513. The van der Waals surface area contributed by atoms with Gasteiger partial charge in [0.15, 0.2) is 5.75 Å². The number of nitrogens with one attached hydrogen (secondary N) is 1. The molecule has 2 aromatic rings. The number of rotatable bonds is 6. The lowest BCUT2D eigenvalue weighted by Gasteiger charge is -2.34. The third-order valence-electron chi connectivity index (χ3n) is 6.47. The highest BCUT2D eigenvalue weighted by atomic mass is 32.2. The molecule has 1 saturated carbocycles. The lowest BCUT2D eigenvalue weighted by Crippen LogP contribution is -2.51. The largest absolute Gasteiger partial charge is 0.429 e. The number of ether oxygens (including phenoxy) is 1. The van der Waals surface area contributed by atoms with Gasteiger partial charge < -0.3 is 20.3 Å². The summed E-state index contributed by atoms with van der Waals surface area (Å²) in [5, 5.41) is 24.5.